The average molecular weight is 301 g/mol. The zero-order valence-corrected chi connectivity index (χ0v) is 12.5. The van der Waals surface area contributed by atoms with Gasteiger partial charge in [-0.2, -0.15) is 0 Å². The van der Waals surface area contributed by atoms with Crippen LogP contribution in [-0.4, -0.2) is 39.7 Å². The zero-order chi connectivity index (χ0) is 15.0. The number of sulfone groups is 1. The molecule has 0 bridgehead atoms. The van der Waals surface area contributed by atoms with E-state index in [4.69, 9.17) is 10.5 Å². The van der Waals surface area contributed by atoms with E-state index in [1.54, 1.807) is 19.1 Å². The normalized spacial score (nSPS) is 29.4. The van der Waals surface area contributed by atoms with Gasteiger partial charge in [-0.3, -0.25) is 0 Å². The van der Waals surface area contributed by atoms with E-state index < -0.39 is 20.5 Å². The molecule has 0 unspecified atom stereocenters. The number of hydrogen-bond acceptors (Lipinski definition) is 4. The molecule has 2 rings (SSSR count). The fourth-order valence-corrected chi connectivity index (χ4v) is 5.30. The van der Waals surface area contributed by atoms with Crippen molar-refractivity contribution >= 4 is 9.84 Å². The lowest BCUT2D eigenvalue weighted by molar-refractivity contribution is 0.142. The Labute approximate surface area is 119 Å². The maximum Gasteiger partial charge on any atom is 0.154 e. The monoisotopic (exact) mass is 301 g/mol. The van der Waals surface area contributed by atoms with Crippen LogP contribution in [-0.2, 0) is 14.6 Å². The molecule has 4 nitrogen and oxygen atoms in total. The Morgan fingerprint density at radius 1 is 1.45 bits per heavy atom. The third-order valence-corrected chi connectivity index (χ3v) is 6.49. The summed E-state index contributed by atoms with van der Waals surface area (Å²) in [4.78, 5) is 0. The third-order valence-electron chi connectivity index (χ3n) is 4.17. The van der Waals surface area contributed by atoms with Crippen LogP contribution >= 0.6 is 0 Å². The molecule has 1 aromatic rings. The van der Waals surface area contributed by atoms with Crippen LogP contribution in [0.1, 0.15) is 18.4 Å². The Kier molecular flexibility index (Phi) is 4.18. The van der Waals surface area contributed by atoms with Gasteiger partial charge < -0.3 is 10.5 Å². The molecule has 1 aliphatic carbocycles. The van der Waals surface area contributed by atoms with Crippen LogP contribution in [0.3, 0.4) is 0 Å². The summed E-state index contributed by atoms with van der Waals surface area (Å²) >= 11 is 0. The van der Waals surface area contributed by atoms with E-state index in [1.165, 1.54) is 19.2 Å². The minimum atomic E-state index is -3.26. The van der Waals surface area contributed by atoms with Gasteiger partial charge in [0.15, 0.2) is 9.84 Å². The summed E-state index contributed by atoms with van der Waals surface area (Å²) < 4.78 is 43.1. The van der Waals surface area contributed by atoms with E-state index in [0.717, 1.165) is 0 Å². The first-order chi connectivity index (χ1) is 9.43. The van der Waals surface area contributed by atoms with Crippen LogP contribution in [0.5, 0.6) is 0 Å². The van der Waals surface area contributed by atoms with Crippen molar-refractivity contribution in [3.8, 4) is 0 Å². The molecule has 112 valence electrons. The van der Waals surface area contributed by atoms with Gasteiger partial charge in [0.05, 0.1) is 11.9 Å². The molecule has 0 radical (unpaired) electrons. The predicted octanol–water partition coefficient (Wildman–Crippen LogP) is 1.32. The summed E-state index contributed by atoms with van der Waals surface area (Å²) in [6.45, 7) is 2.07. The number of rotatable bonds is 6. The van der Waals surface area contributed by atoms with Crippen molar-refractivity contribution < 1.29 is 17.5 Å². The van der Waals surface area contributed by atoms with Gasteiger partial charge in [0, 0.05) is 30.7 Å². The molecule has 6 heteroatoms. The predicted molar refractivity (Wildman–Crippen MR) is 75.8 cm³/mol. The summed E-state index contributed by atoms with van der Waals surface area (Å²) in [5.41, 5.74) is 5.86. The molecule has 2 N–H and O–H groups in total. The van der Waals surface area contributed by atoms with Crippen LogP contribution in [0.4, 0.5) is 4.39 Å². The van der Waals surface area contributed by atoms with E-state index >= 15 is 0 Å². The first-order valence-electron chi connectivity index (χ1n) is 6.59. The lowest BCUT2D eigenvalue weighted by Crippen LogP contribution is -2.28. The highest BCUT2D eigenvalue weighted by molar-refractivity contribution is 7.92. The van der Waals surface area contributed by atoms with E-state index in [9.17, 15) is 12.8 Å². The molecule has 0 amide bonds. The minimum Gasteiger partial charge on any atom is -0.384 e. The van der Waals surface area contributed by atoms with Gasteiger partial charge >= 0.3 is 0 Å². The smallest absolute Gasteiger partial charge is 0.154 e. The molecule has 1 fully saturated rings. The van der Waals surface area contributed by atoms with Crippen LogP contribution in [0.15, 0.2) is 24.3 Å². The SMILES string of the molecule is CCS(=O)(=O)[C@@H]1[C@H](c2cccc(F)c2)[C@@]1(CN)COC. The molecule has 1 aromatic carbocycles. The molecule has 3 atom stereocenters. The molecular formula is C14H20FNO3S. The first kappa shape index (κ1) is 15.4. The van der Waals surface area contributed by atoms with Gasteiger partial charge in [0.2, 0.25) is 0 Å². The Bertz CT molecular complexity index is 590. The quantitative estimate of drug-likeness (QED) is 0.860. The zero-order valence-electron chi connectivity index (χ0n) is 11.7. The third kappa shape index (κ3) is 2.36. The molecule has 0 aromatic heterocycles. The van der Waals surface area contributed by atoms with Gasteiger partial charge in [-0.25, -0.2) is 12.8 Å². The number of benzene rings is 1. The molecule has 1 saturated carbocycles. The van der Waals surface area contributed by atoms with Crippen LogP contribution in [0, 0.1) is 11.2 Å². The van der Waals surface area contributed by atoms with Crippen molar-refractivity contribution in [2.75, 3.05) is 26.0 Å². The van der Waals surface area contributed by atoms with E-state index in [2.05, 4.69) is 0 Å². The second-order valence-electron chi connectivity index (χ2n) is 5.28. The molecule has 0 spiro atoms. The Morgan fingerprint density at radius 3 is 2.65 bits per heavy atom. The lowest BCUT2D eigenvalue weighted by Gasteiger charge is -2.14. The molecule has 0 aliphatic heterocycles. The Morgan fingerprint density at radius 2 is 2.15 bits per heavy atom. The lowest BCUT2D eigenvalue weighted by atomic mass is 10.00. The largest absolute Gasteiger partial charge is 0.384 e. The summed E-state index contributed by atoms with van der Waals surface area (Å²) in [6, 6.07) is 6.07. The van der Waals surface area contributed by atoms with Crippen molar-refractivity contribution in [1.82, 2.24) is 0 Å². The first-order valence-corrected chi connectivity index (χ1v) is 8.30. The highest BCUT2D eigenvalue weighted by atomic mass is 32.2. The highest BCUT2D eigenvalue weighted by Gasteiger charge is 2.69. The maximum absolute atomic E-state index is 13.4. The minimum absolute atomic E-state index is 0.0505. The van der Waals surface area contributed by atoms with Gasteiger partial charge in [0.1, 0.15) is 5.82 Å². The second kappa shape index (κ2) is 5.42. The number of hydrogen-bond donors (Lipinski definition) is 1. The van der Waals surface area contributed by atoms with Gasteiger partial charge in [0.25, 0.3) is 0 Å². The van der Waals surface area contributed by atoms with E-state index in [0.29, 0.717) is 5.56 Å². The number of halogens is 1. The Balaban J connectivity index is 2.45. The van der Waals surface area contributed by atoms with Gasteiger partial charge in [-0.1, -0.05) is 19.1 Å². The molecule has 20 heavy (non-hydrogen) atoms. The van der Waals surface area contributed by atoms with Crippen LogP contribution in [0.2, 0.25) is 0 Å². The molecule has 1 aliphatic rings. The van der Waals surface area contributed by atoms with Gasteiger partial charge in [-0.05, 0) is 17.7 Å². The van der Waals surface area contributed by atoms with Crippen molar-refractivity contribution in [3.63, 3.8) is 0 Å². The van der Waals surface area contributed by atoms with Crippen LogP contribution < -0.4 is 5.73 Å². The summed E-state index contributed by atoms with van der Waals surface area (Å²) in [5.74, 6) is -0.618. The topological polar surface area (TPSA) is 69.4 Å². The van der Waals surface area contributed by atoms with Crippen molar-refractivity contribution in [2.24, 2.45) is 11.1 Å². The van der Waals surface area contributed by atoms with Crippen molar-refractivity contribution in [2.45, 2.75) is 18.1 Å². The van der Waals surface area contributed by atoms with Crippen molar-refractivity contribution in [1.29, 1.82) is 0 Å². The van der Waals surface area contributed by atoms with Crippen LogP contribution in [0.25, 0.3) is 0 Å². The fourth-order valence-electron chi connectivity index (χ4n) is 3.15. The number of ether oxygens (including phenoxy) is 1. The average Bonchev–Trinajstić information content (AvgIpc) is 3.09. The summed E-state index contributed by atoms with van der Waals surface area (Å²) in [5, 5.41) is -0.591. The van der Waals surface area contributed by atoms with E-state index in [1.807, 2.05) is 0 Å². The van der Waals surface area contributed by atoms with E-state index in [-0.39, 0.29) is 30.6 Å². The second-order valence-corrected chi connectivity index (χ2v) is 7.69. The number of methoxy groups -OCH3 is 1. The standard InChI is InChI=1S/C14H20FNO3S/c1-3-20(17,18)13-12(14(13,8-16)9-19-2)10-5-4-6-11(15)7-10/h4-7,12-13H,3,8-9,16H2,1-2H3/t12-,13+,14+/m0/s1. The highest BCUT2D eigenvalue weighted by Crippen LogP contribution is 2.62. The number of nitrogens with two attached hydrogens (primary N) is 1. The molecule has 0 heterocycles. The maximum atomic E-state index is 13.4. The molecular weight excluding hydrogens is 281 g/mol. The molecule has 0 saturated heterocycles. The van der Waals surface area contributed by atoms with Crippen molar-refractivity contribution in [3.05, 3.63) is 35.6 Å². The fraction of sp³-hybridized carbons (Fsp3) is 0.571. The van der Waals surface area contributed by atoms with Gasteiger partial charge in [-0.15, -0.1) is 0 Å². The summed E-state index contributed by atoms with van der Waals surface area (Å²) in [6.07, 6.45) is 0. The summed E-state index contributed by atoms with van der Waals surface area (Å²) in [7, 11) is -1.74. The Hall–Kier alpha value is -0.980.